The molecule has 2 aromatic carbocycles. The van der Waals surface area contributed by atoms with E-state index in [-0.39, 0.29) is 23.6 Å². The zero-order chi connectivity index (χ0) is 21.5. The molecule has 0 radical (unpaired) electrons. The van der Waals surface area contributed by atoms with Gasteiger partial charge in [0.15, 0.2) is 11.0 Å². The van der Waals surface area contributed by atoms with Crippen molar-refractivity contribution in [2.75, 3.05) is 11.1 Å². The van der Waals surface area contributed by atoms with E-state index in [1.165, 1.54) is 17.3 Å². The number of anilines is 1. The van der Waals surface area contributed by atoms with E-state index in [1.54, 1.807) is 16.7 Å². The van der Waals surface area contributed by atoms with Gasteiger partial charge in [0.05, 0.1) is 11.8 Å². The van der Waals surface area contributed by atoms with E-state index in [4.69, 9.17) is 0 Å². The number of hydrogen-bond donors (Lipinski definition) is 2. The summed E-state index contributed by atoms with van der Waals surface area (Å²) in [6.45, 7) is 3.94. The summed E-state index contributed by atoms with van der Waals surface area (Å²) in [5.41, 5.74) is 2.58. The van der Waals surface area contributed by atoms with E-state index in [9.17, 15) is 9.59 Å². The minimum absolute atomic E-state index is 0.112. The van der Waals surface area contributed by atoms with Gasteiger partial charge < -0.3 is 15.2 Å². The number of rotatable bonds is 8. The lowest BCUT2D eigenvalue weighted by Gasteiger charge is -2.13. The van der Waals surface area contributed by atoms with Crippen molar-refractivity contribution < 1.29 is 9.59 Å². The van der Waals surface area contributed by atoms with Crippen molar-refractivity contribution >= 4 is 29.3 Å². The fraction of sp³-hybridized carbons (Fsp3) is 0.273. The first-order valence-electron chi connectivity index (χ1n) is 9.74. The van der Waals surface area contributed by atoms with Crippen molar-refractivity contribution in [1.29, 1.82) is 0 Å². The Morgan fingerprint density at radius 3 is 2.43 bits per heavy atom. The highest BCUT2D eigenvalue weighted by Crippen LogP contribution is 2.20. The number of benzene rings is 2. The number of aromatic nitrogens is 3. The summed E-state index contributed by atoms with van der Waals surface area (Å²) < 4.78 is 1.80. The van der Waals surface area contributed by atoms with Crippen molar-refractivity contribution in [2.45, 2.75) is 31.5 Å². The fourth-order valence-corrected chi connectivity index (χ4v) is 3.63. The molecular formula is C22H25N5O2S. The van der Waals surface area contributed by atoms with E-state index in [0.717, 1.165) is 12.1 Å². The van der Waals surface area contributed by atoms with Gasteiger partial charge in [0, 0.05) is 18.3 Å². The van der Waals surface area contributed by atoms with E-state index in [2.05, 4.69) is 27.8 Å². The summed E-state index contributed by atoms with van der Waals surface area (Å²) in [6, 6.07) is 16.5. The molecular weight excluding hydrogens is 398 g/mol. The molecule has 0 saturated heterocycles. The average molecular weight is 424 g/mol. The van der Waals surface area contributed by atoms with Gasteiger partial charge in [-0.25, -0.2) is 0 Å². The molecule has 0 saturated carbocycles. The van der Waals surface area contributed by atoms with Crippen molar-refractivity contribution in [2.24, 2.45) is 7.05 Å². The highest BCUT2D eigenvalue weighted by atomic mass is 32.2. The summed E-state index contributed by atoms with van der Waals surface area (Å²) in [4.78, 5) is 24.6. The first-order valence-corrected chi connectivity index (χ1v) is 10.7. The van der Waals surface area contributed by atoms with Crippen LogP contribution in [0.15, 0.2) is 59.8 Å². The maximum Gasteiger partial charge on any atom is 0.251 e. The molecule has 0 aliphatic rings. The SMILES string of the molecule is CCc1ccc(NC(=O)CSc2nnc([C@@H](C)NC(=O)c3ccccc3)n2C)cc1. The van der Waals surface area contributed by atoms with E-state index in [0.29, 0.717) is 16.5 Å². The molecule has 3 rings (SSSR count). The molecule has 2 N–H and O–H groups in total. The van der Waals surface area contributed by atoms with Crippen LogP contribution in [0.2, 0.25) is 0 Å². The minimum Gasteiger partial charge on any atom is -0.342 e. The quantitative estimate of drug-likeness (QED) is 0.541. The average Bonchev–Trinajstić information content (AvgIpc) is 3.14. The molecule has 0 unspecified atom stereocenters. The molecule has 1 aromatic heterocycles. The Balaban J connectivity index is 1.55. The van der Waals surface area contributed by atoms with Crippen molar-refractivity contribution in [3.8, 4) is 0 Å². The Kier molecular flexibility index (Phi) is 7.24. The summed E-state index contributed by atoms with van der Waals surface area (Å²) in [7, 11) is 1.82. The molecule has 0 fully saturated rings. The lowest BCUT2D eigenvalue weighted by atomic mass is 10.1. The van der Waals surface area contributed by atoms with Gasteiger partial charge in [-0.1, -0.05) is 49.0 Å². The van der Waals surface area contributed by atoms with Crippen LogP contribution in [-0.2, 0) is 18.3 Å². The standard InChI is InChI=1S/C22H25N5O2S/c1-4-16-10-12-18(13-11-16)24-19(28)14-30-22-26-25-20(27(22)3)15(2)23-21(29)17-8-6-5-7-9-17/h5-13,15H,4,14H2,1-3H3,(H,23,29)(H,24,28)/t15-/m1/s1. The molecule has 3 aromatic rings. The number of hydrogen-bond acceptors (Lipinski definition) is 5. The monoisotopic (exact) mass is 423 g/mol. The van der Waals surface area contributed by atoms with Crippen LogP contribution in [-0.4, -0.2) is 32.3 Å². The molecule has 8 heteroatoms. The molecule has 1 atom stereocenters. The third-order valence-electron chi connectivity index (χ3n) is 4.62. The second kappa shape index (κ2) is 10.1. The van der Waals surface area contributed by atoms with Gasteiger partial charge in [-0.3, -0.25) is 9.59 Å². The Morgan fingerprint density at radius 2 is 1.77 bits per heavy atom. The zero-order valence-electron chi connectivity index (χ0n) is 17.3. The highest BCUT2D eigenvalue weighted by Gasteiger charge is 2.19. The van der Waals surface area contributed by atoms with Crippen LogP contribution in [0.1, 0.15) is 41.6 Å². The summed E-state index contributed by atoms with van der Waals surface area (Å²) >= 11 is 1.30. The van der Waals surface area contributed by atoms with Gasteiger partial charge in [-0.2, -0.15) is 0 Å². The van der Waals surface area contributed by atoms with Crippen LogP contribution >= 0.6 is 11.8 Å². The lowest BCUT2D eigenvalue weighted by molar-refractivity contribution is -0.113. The maximum absolute atomic E-state index is 12.3. The number of amides is 2. The highest BCUT2D eigenvalue weighted by molar-refractivity contribution is 7.99. The Hall–Kier alpha value is -3.13. The number of nitrogens with zero attached hydrogens (tertiary/aromatic N) is 3. The molecule has 0 spiro atoms. The van der Waals surface area contributed by atoms with Crippen LogP contribution in [0.3, 0.4) is 0 Å². The molecule has 156 valence electrons. The summed E-state index contributed by atoms with van der Waals surface area (Å²) in [5, 5.41) is 14.8. The number of carbonyl (C=O) groups excluding carboxylic acids is 2. The molecule has 7 nitrogen and oxygen atoms in total. The predicted molar refractivity (Wildman–Crippen MR) is 118 cm³/mol. The van der Waals surface area contributed by atoms with Crippen LogP contribution in [0.25, 0.3) is 0 Å². The van der Waals surface area contributed by atoms with Crippen LogP contribution in [0.5, 0.6) is 0 Å². The zero-order valence-corrected chi connectivity index (χ0v) is 18.1. The van der Waals surface area contributed by atoms with Gasteiger partial charge in [0.2, 0.25) is 5.91 Å². The summed E-state index contributed by atoms with van der Waals surface area (Å²) in [6.07, 6.45) is 0.961. The third kappa shape index (κ3) is 5.48. The van der Waals surface area contributed by atoms with Crippen molar-refractivity contribution in [1.82, 2.24) is 20.1 Å². The predicted octanol–water partition coefficient (Wildman–Crippen LogP) is 3.60. The van der Waals surface area contributed by atoms with E-state index in [1.807, 2.05) is 56.4 Å². The molecule has 30 heavy (non-hydrogen) atoms. The van der Waals surface area contributed by atoms with Crippen molar-refractivity contribution in [3.05, 3.63) is 71.5 Å². The Labute approximate surface area is 180 Å². The molecule has 0 bridgehead atoms. The normalized spacial score (nSPS) is 11.7. The number of thioether (sulfide) groups is 1. The lowest BCUT2D eigenvalue weighted by Crippen LogP contribution is -2.28. The second-order valence-corrected chi connectivity index (χ2v) is 7.79. The first-order chi connectivity index (χ1) is 14.5. The van der Waals surface area contributed by atoms with Gasteiger partial charge >= 0.3 is 0 Å². The topological polar surface area (TPSA) is 88.9 Å². The molecule has 0 aliphatic heterocycles. The number of aryl methyl sites for hydroxylation is 1. The van der Waals surface area contributed by atoms with Crippen molar-refractivity contribution in [3.63, 3.8) is 0 Å². The van der Waals surface area contributed by atoms with E-state index < -0.39 is 0 Å². The molecule has 0 aliphatic carbocycles. The Morgan fingerprint density at radius 1 is 1.07 bits per heavy atom. The van der Waals surface area contributed by atoms with Gasteiger partial charge in [0.25, 0.3) is 5.91 Å². The Bertz CT molecular complexity index is 1000. The largest absolute Gasteiger partial charge is 0.342 e. The first kappa shape index (κ1) is 21.6. The van der Waals surface area contributed by atoms with Gasteiger partial charge in [-0.15, -0.1) is 10.2 Å². The number of carbonyl (C=O) groups is 2. The molecule has 1 heterocycles. The van der Waals surface area contributed by atoms with Crippen LogP contribution in [0.4, 0.5) is 5.69 Å². The number of nitrogens with one attached hydrogen (secondary N) is 2. The third-order valence-corrected chi connectivity index (χ3v) is 5.64. The second-order valence-electron chi connectivity index (χ2n) is 6.85. The molecule has 2 amide bonds. The van der Waals surface area contributed by atoms with Crippen LogP contribution < -0.4 is 10.6 Å². The van der Waals surface area contributed by atoms with Gasteiger partial charge in [0.1, 0.15) is 0 Å². The maximum atomic E-state index is 12.3. The minimum atomic E-state index is -0.324. The van der Waals surface area contributed by atoms with E-state index >= 15 is 0 Å². The van der Waals surface area contributed by atoms with Gasteiger partial charge in [-0.05, 0) is 43.2 Å². The smallest absolute Gasteiger partial charge is 0.251 e. The van der Waals surface area contributed by atoms with Crippen LogP contribution in [0, 0.1) is 0 Å². The summed E-state index contributed by atoms with van der Waals surface area (Å²) in [5.74, 6) is 0.553. The fourth-order valence-electron chi connectivity index (χ4n) is 2.91.